The first-order valence-corrected chi connectivity index (χ1v) is 17.4. The Hall–Kier alpha value is -1.80. The lowest BCUT2D eigenvalue weighted by atomic mass is 9.89. The summed E-state index contributed by atoms with van der Waals surface area (Å²) in [4.78, 5) is 0. The fourth-order valence-corrected chi connectivity index (χ4v) is 6.47. The third-order valence-corrected chi connectivity index (χ3v) is 10.0. The summed E-state index contributed by atoms with van der Waals surface area (Å²) >= 11 is 0. The molecule has 6 heteroatoms. The van der Waals surface area contributed by atoms with Gasteiger partial charge in [-0.2, -0.15) is 0 Å². The van der Waals surface area contributed by atoms with Crippen molar-refractivity contribution in [1.29, 1.82) is 0 Å². The molecule has 0 aromatic heterocycles. The lowest BCUT2D eigenvalue weighted by Gasteiger charge is -2.36. The minimum Gasteiger partial charge on any atom is -0.381 e. The van der Waals surface area contributed by atoms with Crippen LogP contribution in [0.4, 0.5) is 0 Å². The first-order chi connectivity index (χ1) is 21.7. The number of hydrogen-bond donors (Lipinski definition) is 0. The van der Waals surface area contributed by atoms with Crippen LogP contribution in [0.1, 0.15) is 63.5 Å². The van der Waals surface area contributed by atoms with E-state index < -0.39 is 0 Å². The van der Waals surface area contributed by atoms with Gasteiger partial charge in [0.15, 0.2) is 0 Å². The molecule has 4 aliphatic rings. The fourth-order valence-electron chi connectivity index (χ4n) is 6.47. The zero-order valence-electron chi connectivity index (χ0n) is 27.2. The molecule has 0 aliphatic carbocycles. The molecule has 0 saturated carbocycles. The van der Waals surface area contributed by atoms with E-state index in [0.29, 0.717) is 48.1 Å². The van der Waals surface area contributed by atoms with Crippen molar-refractivity contribution in [2.45, 2.75) is 89.6 Å². The van der Waals surface area contributed by atoms with Gasteiger partial charge in [-0.25, -0.2) is 0 Å². The summed E-state index contributed by atoms with van der Waals surface area (Å²) in [5.41, 5.74) is 2.73. The van der Waals surface area contributed by atoms with Gasteiger partial charge in [0.05, 0.1) is 37.6 Å². The van der Waals surface area contributed by atoms with Crippen molar-refractivity contribution in [3.63, 3.8) is 0 Å². The Morgan fingerprint density at radius 1 is 0.545 bits per heavy atom. The second kappa shape index (κ2) is 18.4. The van der Waals surface area contributed by atoms with E-state index >= 15 is 0 Å². The number of rotatable bonds is 18. The van der Waals surface area contributed by atoms with Crippen LogP contribution in [0.2, 0.25) is 0 Å². The van der Waals surface area contributed by atoms with Crippen molar-refractivity contribution in [3.05, 3.63) is 71.8 Å². The molecule has 4 fully saturated rings. The lowest BCUT2D eigenvalue weighted by molar-refractivity contribution is -0.122. The van der Waals surface area contributed by atoms with E-state index in [1.165, 1.54) is 24.0 Å². The van der Waals surface area contributed by atoms with Crippen LogP contribution in [-0.4, -0.2) is 77.3 Å². The topological polar surface area (TPSA) is 55.4 Å². The van der Waals surface area contributed by atoms with E-state index in [9.17, 15) is 0 Å². The van der Waals surface area contributed by atoms with E-state index in [-0.39, 0.29) is 0 Å². The molecule has 44 heavy (non-hydrogen) atoms. The SMILES string of the molecule is CC(CCOCCC(C)C1CCO1)C1CCO1.c1ccc(CC(COCC(Cc2ccccc2)C2CCO2)C2CCO2)cc1. The first-order valence-electron chi connectivity index (χ1n) is 17.4. The summed E-state index contributed by atoms with van der Waals surface area (Å²) in [6.07, 6.45) is 10.8. The van der Waals surface area contributed by atoms with Crippen LogP contribution in [0.25, 0.3) is 0 Å². The van der Waals surface area contributed by atoms with Crippen LogP contribution in [0.15, 0.2) is 60.7 Å². The smallest absolute Gasteiger partial charge is 0.0650 e. The van der Waals surface area contributed by atoms with Gasteiger partial charge in [0.2, 0.25) is 0 Å². The lowest BCUT2D eigenvalue weighted by Crippen LogP contribution is -2.40. The van der Waals surface area contributed by atoms with E-state index in [1.54, 1.807) is 0 Å². The van der Waals surface area contributed by atoms with Gasteiger partial charge in [0, 0.05) is 51.5 Å². The molecule has 0 bridgehead atoms. The summed E-state index contributed by atoms with van der Waals surface area (Å²) in [6, 6.07) is 21.4. The molecule has 0 spiro atoms. The molecule has 0 radical (unpaired) electrons. The Morgan fingerprint density at radius 3 is 1.23 bits per heavy atom. The highest BCUT2D eigenvalue weighted by atomic mass is 16.5. The van der Waals surface area contributed by atoms with Gasteiger partial charge in [0.1, 0.15) is 0 Å². The molecule has 0 N–H and O–H groups in total. The molecule has 4 aliphatic heterocycles. The molecule has 4 heterocycles. The quantitative estimate of drug-likeness (QED) is 0.171. The van der Waals surface area contributed by atoms with Crippen LogP contribution < -0.4 is 0 Å². The molecule has 8 unspecified atom stereocenters. The highest BCUT2D eigenvalue weighted by molar-refractivity contribution is 5.16. The third-order valence-electron chi connectivity index (χ3n) is 10.0. The molecule has 6 rings (SSSR count). The van der Waals surface area contributed by atoms with Crippen LogP contribution in [0.3, 0.4) is 0 Å². The highest BCUT2D eigenvalue weighted by Crippen LogP contribution is 2.28. The van der Waals surface area contributed by atoms with Gasteiger partial charge in [-0.3, -0.25) is 0 Å². The van der Waals surface area contributed by atoms with Crippen molar-refractivity contribution >= 4 is 0 Å². The van der Waals surface area contributed by atoms with Crippen LogP contribution in [0, 0.1) is 23.7 Å². The standard InChI is InChI=1S/C24H30O3.C14H26O3/c1-3-7-19(8-4-1)15-21(23-11-13-26-23)17-25-18-22(24-12-14-27-24)16-20-9-5-2-6-10-20;1-11(13-5-9-16-13)3-7-15-8-4-12(2)14-6-10-17-14/h1-10,21-24H,11-18H2;11-14H,3-10H2,1-2H3. The predicted molar refractivity (Wildman–Crippen MR) is 174 cm³/mol. The Labute approximate surface area is 266 Å². The molecule has 8 atom stereocenters. The number of hydrogen-bond acceptors (Lipinski definition) is 6. The summed E-state index contributed by atoms with van der Waals surface area (Å²) in [5, 5.41) is 0. The van der Waals surface area contributed by atoms with Gasteiger partial charge in [-0.15, -0.1) is 0 Å². The zero-order chi connectivity index (χ0) is 30.4. The van der Waals surface area contributed by atoms with Gasteiger partial charge in [-0.05, 0) is 74.3 Å². The largest absolute Gasteiger partial charge is 0.381 e. The van der Waals surface area contributed by atoms with Crippen LogP contribution in [-0.2, 0) is 41.3 Å². The highest BCUT2D eigenvalue weighted by Gasteiger charge is 2.32. The molecule has 0 amide bonds. The van der Waals surface area contributed by atoms with Crippen molar-refractivity contribution in [2.75, 3.05) is 52.9 Å². The first kappa shape index (κ1) is 33.6. The maximum absolute atomic E-state index is 6.26. The Kier molecular flexibility index (Phi) is 14.0. The van der Waals surface area contributed by atoms with Crippen LogP contribution >= 0.6 is 0 Å². The molecule has 6 nitrogen and oxygen atoms in total. The third kappa shape index (κ3) is 10.6. The molecule has 2 aromatic rings. The monoisotopic (exact) mass is 608 g/mol. The maximum Gasteiger partial charge on any atom is 0.0650 e. The molecular weight excluding hydrogens is 552 g/mol. The van der Waals surface area contributed by atoms with Crippen molar-refractivity contribution < 1.29 is 28.4 Å². The second-order valence-electron chi connectivity index (χ2n) is 13.4. The summed E-state index contributed by atoms with van der Waals surface area (Å²) < 4.78 is 34.5. The Morgan fingerprint density at radius 2 is 0.909 bits per heavy atom. The Balaban J connectivity index is 0.000000195. The minimum atomic E-state index is 0.345. The molecule has 244 valence electrons. The molecular formula is C38H56O6. The van der Waals surface area contributed by atoms with Crippen molar-refractivity contribution in [1.82, 2.24) is 0 Å². The zero-order valence-corrected chi connectivity index (χ0v) is 27.2. The van der Waals surface area contributed by atoms with Gasteiger partial charge < -0.3 is 28.4 Å². The summed E-state index contributed by atoms with van der Waals surface area (Å²) in [6.45, 7) is 11.5. The van der Waals surface area contributed by atoms with Gasteiger partial charge >= 0.3 is 0 Å². The van der Waals surface area contributed by atoms with Crippen LogP contribution in [0.5, 0.6) is 0 Å². The summed E-state index contributed by atoms with van der Waals surface area (Å²) in [7, 11) is 0. The van der Waals surface area contributed by atoms with Gasteiger partial charge in [0.25, 0.3) is 0 Å². The van der Waals surface area contributed by atoms with E-state index in [1.807, 2.05) is 0 Å². The summed E-state index contributed by atoms with van der Waals surface area (Å²) in [5.74, 6) is 2.16. The normalized spacial score (nSPS) is 26.8. The maximum atomic E-state index is 6.26. The predicted octanol–water partition coefficient (Wildman–Crippen LogP) is 6.93. The average molecular weight is 609 g/mol. The number of benzene rings is 2. The number of ether oxygens (including phenoxy) is 6. The molecule has 4 saturated heterocycles. The Bertz CT molecular complexity index is 937. The molecule has 2 aromatic carbocycles. The van der Waals surface area contributed by atoms with E-state index in [0.717, 1.165) is 91.4 Å². The van der Waals surface area contributed by atoms with Crippen molar-refractivity contribution in [3.8, 4) is 0 Å². The van der Waals surface area contributed by atoms with Gasteiger partial charge in [-0.1, -0.05) is 74.5 Å². The minimum absolute atomic E-state index is 0.345. The van der Waals surface area contributed by atoms with E-state index in [4.69, 9.17) is 28.4 Å². The fraction of sp³-hybridized carbons (Fsp3) is 0.684. The second-order valence-corrected chi connectivity index (χ2v) is 13.4. The van der Waals surface area contributed by atoms with Crippen molar-refractivity contribution in [2.24, 2.45) is 23.7 Å². The average Bonchev–Trinajstić information content (AvgIpc) is 2.90. The van der Waals surface area contributed by atoms with E-state index in [2.05, 4.69) is 74.5 Å².